The molecule has 3 rings (SSSR count). The third-order valence-corrected chi connectivity index (χ3v) is 6.24. The maximum Gasteiger partial charge on any atom is 0.336 e. The van der Waals surface area contributed by atoms with Crippen LogP contribution in [0.3, 0.4) is 0 Å². The van der Waals surface area contributed by atoms with E-state index in [2.05, 4.69) is 15.9 Å². The van der Waals surface area contributed by atoms with Crippen LogP contribution in [0.4, 0.5) is 0 Å². The quantitative estimate of drug-likeness (QED) is 0.313. The highest BCUT2D eigenvalue weighted by Crippen LogP contribution is 2.48. The number of ketones is 1. The number of aryl methyl sites for hydroxylation is 1. The zero-order valence-corrected chi connectivity index (χ0v) is 19.4. The van der Waals surface area contributed by atoms with Gasteiger partial charge in [-0.05, 0) is 51.3 Å². The monoisotopic (exact) mass is 462 g/mol. The van der Waals surface area contributed by atoms with Crippen molar-refractivity contribution in [2.45, 2.75) is 63.8 Å². The Balaban J connectivity index is 2.55. The molecule has 0 spiro atoms. The predicted octanol–water partition coefficient (Wildman–Crippen LogP) is 5.68. The summed E-state index contributed by atoms with van der Waals surface area (Å²) < 4.78 is 16.8. The summed E-state index contributed by atoms with van der Waals surface area (Å²) in [7, 11) is 1.51. The van der Waals surface area contributed by atoms with Gasteiger partial charge in [0, 0.05) is 6.07 Å². The first-order valence-corrected chi connectivity index (χ1v) is 10.7. The number of benzene rings is 1. The van der Waals surface area contributed by atoms with Crippen molar-refractivity contribution in [3.05, 3.63) is 39.3 Å². The molecule has 1 aliphatic heterocycles. The summed E-state index contributed by atoms with van der Waals surface area (Å²) in [4.78, 5) is 25.9. The zero-order valence-electron chi connectivity index (χ0n) is 17.8. The number of hydrogen-bond acceptors (Lipinski definition) is 5. The molecule has 6 heteroatoms. The van der Waals surface area contributed by atoms with E-state index in [1.54, 1.807) is 0 Å². The van der Waals surface area contributed by atoms with Gasteiger partial charge in [-0.25, -0.2) is 4.79 Å². The van der Waals surface area contributed by atoms with E-state index in [0.717, 1.165) is 12.0 Å². The van der Waals surface area contributed by atoms with Crippen molar-refractivity contribution in [1.82, 2.24) is 0 Å². The highest BCUT2D eigenvalue weighted by molar-refractivity contribution is 9.10. The lowest BCUT2D eigenvalue weighted by atomic mass is 9.89. The van der Waals surface area contributed by atoms with E-state index >= 15 is 0 Å². The van der Waals surface area contributed by atoms with Gasteiger partial charge in [0.25, 0.3) is 0 Å². The van der Waals surface area contributed by atoms with Crippen molar-refractivity contribution in [2.24, 2.45) is 0 Å². The number of rotatable bonds is 6. The van der Waals surface area contributed by atoms with Crippen LogP contribution in [0.1, 0.15) is 68.9 Å². The van der Waals surface area contributed by atoms with Crippen LogP contribution in [0.15, 0.2) is 21.4 Å². The molecule has 1 atom stereocenters. The molecule has 1 aromatic heterocycles. The number of halogens is 1. The van der Waals surface area contributed by atoms with Gasteiger partial charge >= 0.3 is 5.63 Å². The number of hydrogen-bond donors (Lipinski definition) is 0. The highest BCUT2D eigenvalue weighted by Gasteiger charge is 2.38. The van der Waals surface area contributed by atoms with Gasteiger partial charge in [0.15, 0.2) is 11.4 Å². The number of carbonyl (C=O) groups excluding carboxylic acids is 1. The molecule has 1 aliphatic rings. The smallest absolute Gasteiger partial charge is 0.336 e. The first kappa shape index (κ1) is 21.6. The lowest BCUT2D eigenvalue weighted by Crippen LogP contribution is -2.30. The number of fused-ring (bicyclic) bond motifs is 3. The molecule has 0 saturated carbocycles. The molecule has 0 radical (unpaired) electrons. The van der Waals surface area contributed by atoms with Crippen LogP contribution < -0.4 is 15.1 Å². The van der Waals surface area contributed by atoms with Gasteiger partial charge in [0.05, 0.1) is 22.4 Å². The molecule has 0 amide bonds. The van der Waals surface area contributed by atoms with Crippen LogP contribution in [0.25, 0.3) is 17.0 Å². The molecule has 1 aromatic carbocycles. The second-order valence-electron chi connectivity index (χ2n) is 8.11. The van der Waals surface area contributed by atoms with Crippen LogP contribution in [0.5, 0.6) is 11.5 Å². The summed E-state index contributed by atoms with van der Waals surface area (Å²) >= 11 is 3.54. The molecule has 0 bridgehead atoms. The molecule has 0 aliphatic carbocycles. The lowest BCUT2D eigenvalue weighted by Gasteiger charge is -2.31. The van der Waals surface area contributed by atoms with Gasteiger partial charge in [-0.1, -0.05) is 36.2 Å². The van der Waals surface area contributed by atoms with Gasteiger partial charge in [-0.15, -0.1) is 0 Å². The van der Waals surface area contributed by atoms with Crippen LogP contribution in [-0.4, -0.2) is 22.8 Å². The minimum absolute atomic E-state index is 0.195. The Morgan fingerprint density at radius 1 is 1.31 bits per heavy atom. The minimum atomic E-state index is -0.820. The van der Waals surface area contributed by atoms with E-state index in [-0.39, 0.29) is 16.9 Å². The number of Topliss-reactive ketones (excluding diaryl/α,β-unsaturated/α-hetero) is 1. The van der Waals surface area contributed by atoms with Crippen LogP contribution in [0.2, 0.25) is 0 Å². The summed E-state index contributed by atoms with van der Waals surface area (Å²) in [5.41, 5.74) is 0.968. The van der Waals surface area contributed by atoms with Crippen molar-refractivity contribution in [1.29, 1.82) is 0 Å². The average molecular weight is 463 g/mol. The summed E-state index contributed by atoms with van der Waals surface area (Å²) in [5.74, 6) is 0.751. The molecule has 29 heavy (non-hydrogen) atoms. The van der Waals surface area contributed by atoms with Crippen molar-refractivity contribution in [2.75, 3.05) is 7.11 Å². The molecule has 156 valence electrons. The van der Waals surface area contributed by atoms with Gasteiger partial charge in [0.2, 0.25) is 0 Å². The zero-order chi connectivity index (χ0) is 21.6. The van der Waals surface area contributed by atoms with E-state index in [1.165, 1.54) is 13.2 Å². The Bertz CT molecular complexity index is 1060. The van der Waals surface area contributed by atoms with Gasteiger partial charge < -0.3 is 13.9 Å². The summed E-state index contributed by atoms with van der Waals surface area (Å²) in [6.07, 6.45) is 5.93. The van der Waals surface area contributed by atoms with Crippen molar-refractivity contribution in [3.63, 3.8) is 0 Å². The van der Waals surface area contributed by atoms with Crippen molar-refractivity contribution in [3.8, 4) is 11.5 Å². The van der Waals surface area contributed by atoms with E-state index in [1.807, 2.05) is 46.8 Å². The molecular formula is C23H27BrO5. The number of alkyl halides is 1. The standard InChI is InChI=1S/C23H27BrO5/c1-7-9-13-12-15(25)28-20-16(13)19-14(10-11-22(3,4)29-19)18(27-6)17(20)21(26)23(5,24)8-2/h10-12H,7-9H2,1-6H3. The van der Waals surface area contributed by atoms with Crippen molar-refractivity contribution < 1.29 is 18.7 Å². The SMILES string of the molecule is CCCc1cc(=O)oc2c(C(=O)C(C)(Br)CC)c(OC)c3c(c12)OC(C)(C)C=C3. The Hall–Kier alpha value is -2.08. The van der Waals surface area contributed by atoms with E-state index in [9.17, 15) is 9.59 Å². The van der Waals surface area contributed by atoms with Crippen molar-refractivity contribution >= 4 is 38.8 Å². The molecule has 0 N–H and O–H groups in total. The first-order chi connectivity index (χ1) is 13.6. The predicted molar refractivity (Wildman–Crippen MR) is 119 cm³/mol. The largest absolute Gasteiger partial charge is 0.495 e. The third-order valence-electron chi connectivity index (χ3n) is 5.32. The Labute approximate surface area is 179 Å². The topological polar surface area (TPSA) is 65.7 Å². The molecule has 0 saturated heterocycles. The summed E-state index contributed by atoms with van der Waals surface area (Å²) in [6.45, 7) is 9.68. The molecule has 5 nitrogen and oxygen atoms in total. The van der Waals surface area contributed by atoms with Crippen LogP contribution in [-0.2, 0) is 6.42 Å². The Kier molecular flexibility index (Phi) is 5.69. The average Bonchev–Trinajstić information content (AvgIpc) is 2.65. The fraction of sp³-hybridized carbons (Fsp3) is 0.478. The highest BCUT2D eigenvalue weighted by atomic mass is 79.9. The molecule has 2 heterocycles. The van der Waals surface area contributed by atoms with Crippen LogP contribution >= 0.6 is 15.9 Å². The lowest BCUT2D eigenvalue weighted by molar-refractivity contribution is 0.0949. The van der Waals surface area contributed by atoms with Crippen LogP contribution in [0, 0.1) is 0 Å². The summed E-state index contributed by atoms with van der Waals surface area (Å²) in [6, 6.07) is 1.49. The normalized spacial score (nSPS) is 16.8. The first-order valence-electron chi connectivity index (χ1n) is 9.89. The molecule has 1 unspecified atom stereocenters. The third kappa shape index (κ3) is 3.75. The fourth-order valence-electron chi connectivity index (χ4n) is 3.59. The maximum atomic E-state index is 13.5. The van der Waals surface area contributed by atoms with Gasteiger partial charge in [-0.3, -0.25) is 4.79 Å². The van der Waals surface area contributed by atoms with E-state index < -0.39 is 15.6 Å². The van der Waals surface area contributed by atoms with Gasteiger partial charge in [0.1, 0.15) is 22.7 Å². The number of carbonyl (C=O) groups is 1. The molecular weight excluding hydrogens is 436 g/mol. The van der Waals surface area contributed by atoms with Gasteiger partial charge in [-0.2, -0.15) is 0 Å². The van der Waals surface area contributed by atoms with E-state index in [0.29, 0.717) is 35.3 Å². The second-order valence-corrected chi connectivity index (χ2v) is 9.87. The number of methoxy groups -OCH3 is 1. The maximum absolute atomic E-state index is 13.5. The second kappa shape index (κ2) is 7.63. The summed E-state index contributed by atoms with van der Waals surface area (Å²) in [5, 5.41) is 0.669. The molecule has 0 fully saturated rings. The minimum Gasteiger partial charge on any atom is -0.495 e. The van der Waals surface area contributed by atoms with E-state index in [4.69, 9.17) is 13.9 Å². The Morgan fingerprint density at radius 3 is 2.59 bits per heavy atom. The Morgan fingerprint density at radius 2 is 2.00 bits per heavy atom. The molecule has 2 aromatic rings. The fourth-order valence-corrected chi connectivity index (χ4v) is 3.78. The number of ether oxygens (including phenoxy) is 2.